The molecule has 0 aromatic heterocycles. The third kappa shape index (κ3) is 5.17. The van der Waals surface area contributed by atoms with Gasteiger partial charge in [-0.2, -0.15) is 0 Å². The van der Waals surface area contributed by atoms with Crippen molar-refractivity contribution in [3.63, 3.8) is 0 Å². The van der Waals surface area contributed by atoms with E-state index in [0.29, 0.717) is 29.4 Å². The van der Waals surface area contributed by atoms with Crippen molar-refractivity contribution in [2.45, 2.75) is 20.3 Å². The zero-order valence-corrected chi connectivity index (χ0v) is 11.9. The Morgan fingerprint density at radius 1 is 1.20 bits per heavy atom. The van der Waals surface area contributed by atoms with E-state index in [-0.39, 0.29) is 24.8 Å². The summed E-state index contributed by atoms with van der Waals surface area (Å²) < 4.78 is 0. The topological polar surface area (TPSA) is 110 Å². The molecule has 0 radical (unpaired) electrons. The average Bonchev–Trinajstić information content (AvgIpc) is 2.36. The third-order valence-corrected chi connectivity index (χ3v) is 2.67. The van der Waals surface area contributed by atoms with Gasteiger partial charge in [0, 0.05) is 30.9 Å². The molecule has 0 bridgehead atoms. The van der Waals surface area contributed by atoms with E-state index in [4.69, 9.17) is 11.5 Å². The number of hydrogen-bond donors (Lipinski definition) is 4. The van der Waals surface area contributed by atoms with Crippen LogP contribution in [0.5, 0.6) is 0 Å². The van der Waals surface area contributed by atoms with Crippen LogP contribution in [-0.2, 0) is 4.79 Å². The van der Waals surface area contributed by atoms with E-state index in [1.807, 2.05) is 13.8 Å². The molecular formula is C14H22N4O2. The molecule has 0 saturated heterocycles. The van der Waals surface area contributed by atoms with Gasteiger partial charge in [-0.05, 0) is 24.1 Å². The zero-order valence-electron chi connectivity index (χ0n) is 11.9. The first-order valence-electron chi connectivity index (χ1n) is 6.60. The summed E-state index contributed by atoms with van der Waals surface area (Å²) in [7, 11) is 0. The lowest BCUT2D eigenvalue weighted by atomic mass is 10.1. The van der Waals surface area contributed by atoms with Gasteiger partial charge in [-0.1, -0.05) is 13.8 Å². The first kappa shape index (κ1) is 15.8. The maximum absolute atomic E-state index is 11.9. The van der Waals surface area contributed by atoms with Crippen molar-refractivity contribution in [3.8, 4) is 0 Å². The second kappa shape index (κ2) is 7.37. The fourth-order valence-electron chi connectivity index (χ4n) is 1.58. The molecule has 1 aromatic carbocycles. The monoisotopic (exact) mass is 278 g/mol. The predicted molar refractivity (Wildman–Crippen MR) is 80.1 cm³/mol. The van der Waals surface area contributed by atoms with Crippen molar-refractivity contribution in [3.05, 3.63) is 23.8 Å². The van der Waals surface area contributed by atoms with Crippen molar-refractivity contribution in [1.82, 2.24) is 10.6 Å². The van der Waals surface area contributed by atoms with Crippen LogP contribution in [0.25, 0.3) is 0 Å². The smallest absolute Gasteiger partial charge is 0.253 e. The molecule has 0 aliphatic rings. The number of benzene rings is 1. The molecule has 6 heteroatoms. The third-order valence-electron chi connectivity index (χ3n) is 2.67. The highest BCUT2D eigenvalue weighted by molar-refractivity contribution is 5.99. The van der Waals surface area contributed by atoms with Crippen molar-refractivity contribution in [2.24, 2.45) is 5.92 Å². The van der Waals surface area contributed by atoms with Crippen LogP contribution in [0.1, 0.15) is 30.6 Å². The van der Waals surface area contributed by atoms with Crippen LogP contribution >= 0.6 is 0 Å². The first-order valence-corrected chi connectivity index (χ1v) is 6.60. The highest BCUT2D eigenvalue weighted by Crippen LogP contribution is 2.15. The molecule has 0 atom stereocenters. The van der Waals surface area contributed by atoms with E-state index in [1.165, 1.54) is 6.07 Å². The van der Waals surface area contributed by atoms with Crippen LogP contribution in [0.2, 0.25) is 0 Å². The number of carbonyl (C=O) groups excluding carboxylic acids is 2. The summed E-state index contributed by atoms with van der Waals surface area (Å²) in [6, 6.07) is 4.71. The fourth-order valence-corrected chi connectivity index (χ4v) is 1.58. The van der Waals surface area contributed by atoms with Gasteiger partial charge in [0.1, 0.15) is 0 Å². The summed E-state index contributed by atoms with van der Waals surface area (Å²) in [6.07, 6.45) is 0.243. The zero-order chi connectivity index (χ0) is 15.1. The largest absolute Gasteiger partial charge is 0.399 e. The normalized spacial score (nSPS) is 10.3. The molecule has 0 aliphatic carbocycles. The number of rotatable bonds is 6. The van der Waals surface area contributed by atoms with Gasteiger partial charge in [0.05, 0.1) is 5.56 Å². The van der Waals surface area contributed by atoms with Crippen molar-refractivity contribution >= 4 is 23.2 Å². The van der Waals surface area contributed by atoms with Gasteiger partial charge < -0.3 is 22.1 Å². The minimum atomic E-state index is -0.306. The van der Waals surface area contributed by atoms with Crippen LogP contribution in [0.4, 0.5) is 11.4 Å². The second-order valence-corrected chi connectivity index (χ2v) is 5.05. The van der Waals surface area contributed by atoms with Gasteiger partial charge in [-0.15, -0.1) is 0 Å². The highest BCUT2D eigenvalue weighted by Gasteiger charge is 2.10. The summed E-state index contributed by atoms with van der Waals surface area (Å²) in [4.78, 5) is 23.3. The van der Waals surface area contributed by atoms with Crippen LogP contribution < -0.4 is 22.1 Å². The standard InChI is InChI=1S/C14H22N4O2/c1-9(2)8-18-13(19)5-6-17-14(20)11-4-3-10(15)7-12(11)16/h3-4,7,9H,5-6,8,15-16H2,1-2H3,(H,17,20)(H,18,19). The fraction of sp³-hybridized carbons (Fsp3) is 0.429. The molecule has 1 aromatic rings. The molecule has 6 N–H and O–H groups in total. The van der Waals surface area contributed by atoms with E-state index < -0.39 is 0 Å². The average molecular weight is 278 g/mol. The van der Waals surface area contributed by atoms with Crippen molar-refractivity contribution in [1.29, 1.82) is 0 Å². The van der Waals surface area contributed by atoms with E-state index in [1.54, 1.807) is 12.1 Å². The molecular weight excluding hydrogens is 256 g/mol. The Kier molecular flexibility index (Phi) is 5.83. The number of hydrogen-bond acceptors (Lipinski definition) is 4. The molecule has 0 aliphatic heterocycles. The summed E-state index contributed by atoms with van der Waals surface area (Å²) >= 11 is 0. The van der Waals surface area contributed by atoms with Gasteiger partial charge in [-0.25, -0.2) is 0 Å². The van der Waals surface area contributed by atoms with E-state index in [0.717, 1.165) is 0 Å². The minimum Gasteiger partial charge on any atom is -0.399 e. The number of amides is 2. The first-order chi connectivity index (χ1) is 9.40. The summed E-state index contributed by atoms with van der Waals surface area (Å²) in [5.41, 5.74) is 12.5. The number of nitrogens with one attached hydrogen (secondary N) is 2. The highest BCUT2D eigenvalue weighted by atomic mass is 16.2. The molecule has 0 unspecified atom stereocenters. The quantitative estimate of drug-likeness (QED) is 0.575. The Morgan fingerprint density at radius 3 is 2.50 bits per heavy atom. The molecule has 20 heavy (non-hydrogen) atoms. The molecule has 0 fully saturated rings. The summed E-state index contributed by atoms with van der Waals surface area (Å²) in [5, 5.41) is 5.44. The van der Waals surface area contributed by atoms with E-state index in [9.17, 15) is 9.59 Å². The predicted octanol–water partition coefficient (Wildman–Crippen LogP) is 0.743. The van der Waals surface area contributed by atoms with Crippen LogP contribution in [0.15, 0.2) is 18.2 Å². The molecule has 0 heterocycles. The number of anilines is 2. The van der Waals surface area contributed by atoms with Crippen LogP contribution in [-0.4, -0.2) is 24.9 Å². The Labute approximate surface area is 118 Å². The molecule has 0 saturated carbocycles. The molecule has 6 nitrogen and oxygen atoms in total. The van der Waals surface area contributed by atoms with Crippen LogP contribution in [0, 0.1) is 5.92 Å². The summed E-state index contributed by atoms with van der Waals surface area (Å²) in [6.45, 7) is 4.95. The minimum absolute atomic E-state index is 0.0794. The lowest BCUT2D eigenvalue weighted by Gasteiger charge is -2.09. The Bertz CT molecular complexity index is 486. The van der Waals surface area contributed by atoms with E-state index in [2.05, 4.69) is 10.6 Å². The Balaban J connectivity index is 2.38. The van der Waals surface area contributed by atoms with Crippen molar-refractivity contribution in [2.75, 3.05) is 24.6 Å². The Morgan fingerprint density at radius 2 is 1.90 bits per heavy atom. The number of carbonyl (C=O) groups is 2. The van der Waals surface area contributed by atoms with Gasteiger partial charge in [0.15, 0.2) is 0 Å². The SMILES string of the molecule is CC(C)CNC(=O)CCNC(=O)c1ccc(N)cc1N. The lowest BCUT2D eigenvalue weighted by Crippen LogP contribution is -2.32. The molecule has 0 spiro atoms. The molecule has 1 rings (SSSR count). The number of nitrogens with two attached hydrogens (primary N) is 2. The van der Waals surface area contributed by atoms with Gasteiger partial charge in [0.2, 0.25) is 5.91 Å². The maximum Gasteiger partial charge on any atom is 0.253 e. The number of nitrogen functional groups attached to an aromatic ring is 2. The van der Waals surface area contributed by atoms with Crippen LogP contribution in [0.3, 0.4) is 0 Å². The van der Waals surface area contributed by atoms with Gasteiger partial charge >= 0.3 is 0 Å². The van der Waals surface area contributed by atoms with Gasteiger partial charge in [0.25, 0.3) is 5.91 Å². The van der Waals surface area contributed by atoms with E-state index >= 15 is 0 Å². The lowest BCUT2D eigenvalue weighted by molar-refractivity contribution is -0.121. The second-order valence-electron chi connectivity index (χ2n) is 5.05. The molecule has 2 amide bonds. The van der Waals surface area contributed by atoms with Gasteiger partial charge in [-0.3, -0.25) is 9.59 Å². The Hall–Kier alpha value is -2.24. The van der Waals surface area contributed by atoms with Crippen molar-refractivity contribution < 1.29 is 9.59 Å². The molecule has 110 valence electrons. The maximum atomic E-state index is 11.9. The summed E-state index contributed by atoms with van der Waals surface area (Å²) in [5.74, 6) is 0.0200.